The number of halogens is 4. The highest BCUT2D eigenvalue weighted by Crippen LogP contribution is 2.42. The zero-order valence-electron chi connectivity index (χ0n) is 13.8. The van der Waals surface area contributed by atoms with Crippen LogP contribution in [0.4, 0.5) is 30.5 Å². The maximum atomic E-state index is 13.3. The van der Waals surface area contributed by atoms with E-state index in [0.717, 1.165) is 6.07 Å². The summed E-state index contributed by atoms with van der Waals surface area (Å²) in [5, 5.41) is 23.1. The molecule has 12 heteroatoms. The van der Waals surface area contributed by atoms with Gasteiger partial charge in [0.1, 0.15) is 29.3 Å². The Morgan fingerprint density at radius 1 is 1.25 bits per heavy atom. The summed E-state index contributed by atoms with van der Waals surface area (Å²) in [6, 6.07) is 4.52. The van der Waals surface area contributed by atoms with Gasteiger partial charge in [-0.2, -0.15) is 23.7 Å². The third-order valence-electron chi connectivity index (χ3n) is 3.97. The SMILES string of the molecule is N#CNC1=NC(c2ccc(I)c(C(F)(F)F)c2)c2c(nc(N)c(C#N)c2N)N1. The molecule has 3 rings (SSSR count). The van der Waals surface area contributed by atoms with Gasteiger partial charge >= 0.3 is 6.18 Å². The van der Waals surface area contributed by atoms with Crippen LogP contribution in [0.5, 0.6) is 0 Å². The largest absolute Gasteiger partial charge is 0.417 e. The molecule has 1 aliphatic heterocycles. The maximum absolute atomic E-state index is 13.3. The number of aromatic nitrogens is 1. The number of guanidine groups is 1. The van der Waals surface area contributed by atoms with Gasteiger partial charge in [-0.25, -0.2) is 9.98 Å². The Hall–Kier alpha value is -3.26. The molecule has 0 saturated heterocycles. The van der Waals surface area contributed by atoms with Crippen LogP contribution >= 0.6 is 22.6 Å². The monoisotopic (exact) mass is 498 g/mol. The van der Waals surface area contributed by atoms with Crippen molar-refractivity contribution in [3.63, 3.8) is 0 Å². The third-order valence-corrected chi connectivity index (χ3v) is 4.91. The van der Waals surface area contributed by atoms with Crippen molar-refractivity contribution in [2.75, 3.05) is 16.8 Å². The van der Waals surface area contributed by atoms with E-state index < -0.39 is 17.8 Å². The van der Waals surface area contributed by atoms with Gasteiger partial charge in [-0.3, -0.25) is 5.32 Å². The number of hydrogen-bond donors (Lipinski definition) is 4. The van der Waals surface area contributed by atoms with E-state index in [1.165, 1.54) is 12.1 Å². The quantitative estimate of drug-likeness (QED) is 0.268. The molecule has 0 spiro atoms. The van der Waals surface area contributed by atoms with Crippen LogP contribution in [0.2, 0.25) is 0 Å². The molecule has 0 radical (unpaired) electrons. The number of nitrogens with one attached hydrogen (secondary N) is 2. The van der Waals surface area contributed by atoms with Gasteiger partial charge in [0.2, 0.25) is 5.96 Å². The number of nitrogen functional groups attached to an aromatic ring is 2. The zero-order valence-corrected chi connectivity index (χ0v) is 15.9. The number of fused-ring (bicyclic) bond motifs is 1. The van der Waals surface area contributed by atoms with Crippen molar-refractivity contribution in [1.82, 2.24) is 10.3 Å². The predicted molar refractivity (Wildman–Crippen MR) is 104 cm³/mol. The Bertz CT molecular complexity index is 1080. The van der Waals surface area contributed by atoms with Gasteiger partial charge in [-0.15, -0.1) is 0 Å². The molecule has 0 bridgehead atoms. The summed E-state index contributed by atoms with van der Waals surface area (Å²) in [6.45, 7) is 0. The number of nitrogens with two attached hydrogens (primary N) is 2. The summed E-state index contributed by atoms with van der Waals surface area (Å²) in [7, 11) is 0. The Balaban J connectivity index is 2.27. The number of alkyl halides is 3. The molecule has 0 fully saturated rings. The molecule has 0 aliphatic carbocycles. The van der Waals surface area contributed by atoms with Crippen molar-refractivity contribution in [3.05, 3.63) is 44.0 Å². The first-order chi connectivity index (χ1) is 13.2. The van der Waals surface area contributed by atoms with E-state index >= 15 is 0 Å². The molecular weight excluding hydrogens is 488 g/mol. The van der Waals surface area contributed by atoms with E-state index in [1.54, 1.807) is 28.8 Å². The molecule has 8 nitrogen and oxygen atoms in total. The van der Waals surface area contributed by atoms with Gasteiger partial charge in [0.25, 0.3) is 0 Å². The van der Waals surface area contributed by atoms with Gasteiger partial charge < -0.3 is 16.8 Å². The fraction of sp³-hybridized carbons (Fsp3) is 0.125. The van der Waals surface area contributed by atoms with Crippen LogP contribution in [0.25, 0.3) is 0 Å². The second-order valence-electron chi connectivity index (χ2n) is 5.64. The van der Waals surface area contributed by atoms with Crippen LogP contribution < -0.4 is 22.1 Å². The summed E-state index contributed by atoms with van der Waals surface area (Å²) in [6.07, 6.45) is -2.90. The Morgan fingerprint density at radius 2 is 1.96 bits per heavy atom. The van der Waals surface area contributed by atoms with E-state index in [4.69, 9.17) is 16.7 Å². The van der Waals surface area contributed by atoms with Crippen LogP contribution in [0.3, 0.4) is 0 Å². The normalized spacial score (nSPS) is 15.5. The summed E-state index contributed by atoms with van der Waals surface area (Å²) in [4.78, 5) is 8.29. The Labute approximate surface area is 170 Å². The molecule has 1 unspecified atom stereocenters. The Kier molecular flexibility index (Phi) is 4.91. The molecule has 2 heterocycles. The van der Waals surface area contributed by atoms with Crippen molar-refractivity contribution in [2.45, 2.75) is 12.2 Å². The number of nitrogens with zero attached hydrogens (tertiary/aromatic N) is 4. The summed E-state index contributed by atoms with van der Waals surface area (Å²) in [5.41, 5.74) is 11.2. The fourth-order valence-corrected chi connectivity index (χ4v) is 3.39. The van der Waals surface area contributed by atoms with Crippen LogP contribution in [-0.2, 0) is 6.18 Å². The first-order valence-electron chi connectivity index (χ1n) is 7.52. The van der Waals surface area contributed by atoms with Crippen molar-refractivity contribution in [2.24, 2.45) is 4.99 Å². The first-order valence-corrected chi connectivity index (χ1v) is 8.60. The molecule has 0 amide bonds. The molecule has 1 aromatic carbocycles. The van der Waals surface area contributed by atoms with Crippen molar-refractivity contribution >= 4 is 45.9 Å². The molecule has 6 N–H and O–H groups in total. The minimum absolute atomic E-state index is 0.0171. The second kappa shape index (κ2) is 7.05. The summed E-state index contributed by atoms with van der Waals surface area (Å²) in [5.74, 6) is -0.0937. The number of nitriles is 2. The average molecular weight is 498 g/mol. The highest BCUT2D eigenvalue weighted by atomic mass is 127. The second-order valence-corrected chi connectivity index (χ2v) is 6.80. The van der Waals surface area contributed by atoms with E-state index in [-0.39, 0.29) is 43.5 Å². The van der Waals surface area contributed by atoms with Gasteiger partial charge in [-0.05, 0) is 40.3 Å². The topological polar surface area (TPSA) is 149 Å². The lowest BCUT2D eigenvalue weighted by molar-refractivity contribution is -0.138. The lowest BCUT2D eigenvalue weighted by Crippen LogP contribution is -2.32. The minimum Gasteiger partial charge on any atom is -0.397 e. The standard InChI is InChI=1S/C16H10F3IN8/c17-16(18,19)8-3-6(1-2-9(8)20)12-10-11(23)7(4-21)13(24)27-14(10)28-15(26-12)25-5-22/h1-3,12H,(H6,23,24,25,26,27,28). The molecule has 1 atom stereocenters. The van der Waals surface area contributed by atoms with Crippen LogP contribution in [0.15, 0.2) is 23.2 Å². The van der Waals surface area contributed by atoms with Gasteiger partial charge in [0, 0.05) is 9.13 Å². The number of anilines is 3. The lowest BCUT2D eigenvalue weighted by Gasteiger charge is -2.26. The van der Waals surface area contributed by atoms with E-state index in [1.807, 2.05) is 6.07 Å². The van der Waals surface area contributed by atoms with Crippen LogP contribution in [0.1, 0.15) is 28.3 Å². The van der Waals surface area contributed by atoms with Crippen LogP contribution in [-0.4, -0.2) is 10.9 Å². The van der Waals surface area contributed by atoms with Gasteiger partial charge in [0.05, 0.1) is 11.3 Å². The van der Waals surface area contributed by atoms with Gasteiger partial charge in [-0.1, -0.05) is 6.07 Å². The number of hydrogen-bond acceptors (Lipinski definition) is 8. The molecule has 28 heavy (non-hydrogen) atoms. The molecule has 0 saturated carbocycles. The number of benzene rings is 1. The summed E-state index contributed by atoms with van der Waals surface area (Å²) >= 11 is 1.59. The van der Waals surface area contributed by atoms with Gasteiger partial charge in [0.15, 0.2) is 6.19 Å². The van der Waals surface area contributed by atoms with Crippen molar-refractivity contribution in [1.29, 1.82) is 10.5 Å². The highest BCUT2D eigenvalue weighted by Gasteiger charge is 2.35. The Morgan fingerprint density at radius 3 is 2.57 bits per heavy atom. The summed E-state index contributed by atoms with van der Waals surface area (Å²) < 4.78 is 40.0. The zero-order chi connectivity index (χ0) is 20.6. The molecule has 2 aromatic rings. The third kappa shape index (κ3) is 3.34. The van der Waals surface area contributed by atoms with Crippen LogP contribution in [0, 0.1) is 26.4 Å². The maximum Gasteiger partial charge on any atom is 0.417 e. The minimum atomic E-state index is -4.57. The lowest BCUT2D eigenvalue weighted by atomic mass is 9.94. The predicted octanol–water partition coefficient (Wildman–Crippen LogP) is 2.68. The molecule has 1 aromatic heterocycles. The van der Waals surface area contributed by atoms with Crippen molar-refractivity contribution < 1.29 is 13.2 Å². The van der Waals surface area contributed by atoms with E-state index in [0.29, 0.717) is 0 Å². The van der Waals surface area contributed by atoms with E-state index in [2.05, 4.69) is 20.6 Å². The average Bonchev–Trinajstić information content (AvgIpc) is 2.61. The number of aliphatic imine (C=N–C) groups is 1. The molecule has 142 valence electrons. The smallest absolute Gasteiger partial charge is 0.397 e. The fourth-order valence-electron chi connectivity index (χ4n) is 2.75. The van der Waals surface area contributed by atoms with Crippen molar-refractivity contribution in [3.8, 4) is 12.3 Å². The van der Waals surface area contributed by atoms with E-state index in [9.17, 15) is 18.4 Å². The number of pyridine rings is 1. The molecule has 1 aliphatic rings. The molecular formula is C16H10F3IN8. The number of rotatable bonds is 1. The first kappa shape index (κ1) is 19.5. The highest BCUT2D eigenvalue weighted by molar-refractivity contribution is 14.1.